The lowest BCUT2D eigenvalue weighted by atomic mass is 10.1. The number of rotatable bonds is 3. The van der Waals surface area contributed by atoms with E-state index in [1.54, 1.807) is 0 Å². The lowest BCUT2D eigenvalue weighted by Gasteiger charge is -2.08. The second kappa shape index (κ2) is 6.17. The summed E-state index contributed by atoms with van der Waals surface area (Å²) in [6, 6.07) is 4.39. The number of nitrogens with two attached hydrogens (primary N) is 1. The lowest BCUT2D eigenvalue weighted by molar-refractivity contribution is 0.353. The lowest BCUT2D eigenvalue weighted by Crippen LogP contribution is -2.33. The highest BCUT2D eigenvalue weighted by molar-refractivity contribution is 14.0. The molecule has 19 heavy (non-hydrogen) atoms. The molecule has 0 bridgehead atoms. The molecular formula is C13H17ClIN3O. The van der Waals surface area contributed by atoms with Gasteiger partial charge in [0.15, 0.2) is 5.96 Å². The fraction of sp³-hybridized carbons (Fsp3) is 0.462. The Morgan fingerprint density at radius 1 is 1.47 bits per heavy atom. The third-order valence-corrected chi connectivity index (χ3v) is 3.39. The van der Waals surface area contributed by atoms with Gasteiger partial charge in [-0.15, -0.1) is 24.0 Å². The summed E-state index contributed by atoms with van der Waals surface area (Å²) in [7, 11) is 0. The zero-order chi connectivity index (χ0) is 12.5. The quantitative estimate of drug-likeness (QED) is 0.471. The van der Waals surface area contributed by atoms with Crippen molar-refractivity contribution in [1.82, 2.24) is 5.32 Å². The van der Waals surface area contributed by atoms with Crippen LogP contribution in [-0.2, 0) is 13.0 Å². The minimum atomic E-state index is 0. The summed E-state index contributed by atoms with van der Waals surface area (Å²) in [5.74, 6) is 1.44. The molecule has 0 radical (unpaired) electrons. The summed E-state index contributed by atoms with van der Waals surface area (Å²) in [4.78, 5) is 4.34. The molecule has 1 aromatic rings. The van der Waals surface area contributed by atoms with Crippen molar-refractivity contribution in [3.05, 3.63) is 28.3 Å². The molecule has 1 saturated carbocycles. The van der Waals surface area contributed by atoms with Gasteiger partial charge in [-0.2, -0.15) is 0 Å². The Kier molecular flexibility index (Phi) is 4.78. The molecule has 104 valence electrons. The Labute approximate surface area is 134 Å². The SMILES string of the molecule is I.NC(=NCc1cc(Cl)cc2c1OCC2)NC1CC1. The molecule has 0 saturated heterocycles. The zero-order valence-corrected chi connectivity index (χ0v) is 13.6. The first kappa shape index (κ1) is 14.7. The predicted molar refractivity (Wildman–Crippen MR) is 87.6 cm³/mol. The van der Waals surface area contributed by atoms with Gasteiger partial charge >= 0.3 is 0 Å². The highest BCUT2D eigenvalue weighted by Crippen LogP contribution is 2.33. The molecule has 0 amide bonds. The summed E-state index contributed by atoms with van der Waals surface area (Å²) in [6.07, 6.45) is 3.29. The number of hydrogen-bond acceptors (Lipinski definition) is 2. The number of guanidine groups is 1. The molecule has 6 heteroatoms. The number of halogens is 2. The number of benzene rings is 1. The molecule has 0 aromatic heterocycles. The number of fused-ring (bicyclic) bond motifs is 1. The molecule has 2 aliphatic rings. The average molecular weight is 394 g/mol. The van der Waals surface area contributed by atoms with Crippen LogP contribution in [0.15, 0.2) is 17.1 Å². The van der Waals surface area contributed by atoms with Gasteiger partial charge in [0.25, 0.3) is 0 Å². The Morgan fingerprint density at radius 2 is 2.26 bits per heavy atom. The molecule has 0 atom stereocenters. The maximum absolute atomic E-state index is 6.09. The van der Waals surface area contributed by atoms with Gasteiger partial charge < -0.3 is 15.8 Å². The molecule has 0 spiro atoms. The number of nitrogens with zero attached hydrogens (tertiary/aromatic N) is 1. The Bertz CT molecular complexity index is 503. The highest BCUT2D eigenvalue weighted by Gasteiger charge is 2.21. The Morgan fingerprint density at radius 3 is 3.00 bits per heavy atom. The van der Waals surface area contributed by atoms with Gasteiger partial charge in [-0.25, -0.2) is 4.99 Å². The van der Waals surface area contributed by atoms with E-state index >= 15 is 0 Å². The first-order chi connectivity index (χ1) is 8.72. The summed E-state index contributed by atoms with van der Waals surface area (Å²) in [6.45, 7) is 1.23. The Hall–Kier alpha value is -0.690. The predicted octanol–water partition coefficient (Wildman–Crippen LogP) is 2.46. The summed E-state index contributed by atoms with van der Waals surface area (Å²) in [5, 5.41) is 3.89. The smallest absolute Gasteiger partial charge is 0.189 e. The van der Waals surface area contributed by atoms with Crippen LogP contribution in [0.3, 0.4) is 0 Å². The van der Waals surface area contributed by atoms with Crippen LogP contribution in [0, 0.1) is 0 Å². The number of aliphatic imine (C=N–C) groups is 1. The zero-order valence-electron chi connectivity index (χ0n) is 10.5. The molecule has 1 aromatic carbocycles. The molecule has 1 fully saturated rings. The van der Waals surface area contributed by atoms with Crippen molar-refractivity contribution < 1.29 is 4.74 Å². The van der Waals surface area contributed by atoms with Crippen LogP contribution in [0.1, 0.15) is 24.0 Å². The average Bonchev–Trinajstić information content (AvgIpc) is 3.01. The van der Waals surface area contributed by atoms with Crippen molar-refractivity contribution in [3.8, 4) is 5.75 Å². The number of nitrogens with one attached hydrogen (secondary N) is 1. The van der Waals surface area contributed by atoms with Gasteiger partial charge in [0.2, 0.25) is 0 Å². The fourth-order valence-corrected chi connectivity index (χ4v) is 2.38. The van der Waals surface area contributed by atoms with E-state index in [9.17, 15) is 0 Å². The first-order valence-electron chi connectivity index (χ1n) is 6.23. The van der Waals surface area contributed by atoms with Crippen LogP contribution < -0.4 is 15.8 Å². The van der Waals surface area contributed by atoms with Gasteiger partial charge in [0, 0.05) is 23.0 Å². The van der Waals surface area contributed by atoms with Crippen molar-refractivity contribution in [2.75, 3.05) is 6.61 Å². The maximum Gasteiger partial charge on any atom is 0.189 e. The normalized spacial score (nSPS) is 17.4. The van der Waals surface area contributed by atoms with Crippen LogP contribution in [0.4, 0.5) is 0 Å². The highest BCUT2D eigenvalue weighted by atomic mass is 127. The minimum Gasteiger partial charge on any atom is -0.493 e. The van der Waals surface area contributed by atoms with Gasteiger partial charge in [-0.3, -0.25) is 0 Å². The summed E-state index contributed by atoms with van der Waals surface area (Å²) in [5.41, 5.74) is 7.99. The van der Waals surface area contributed by atoms with Gasteiger partial charge in [-0.05, 0) is 30.5 Å². The molecule has 1 aliphatic heterocycles. The van der Waals surface area contributed by atoms with Gasteiger partial charge in [-0.1, -0.05) is 11.6 Å². The third kappa shape index (κ3) is 3.66. The van der Waals surface area contributed by atoms with Crippen molar-refractivity contribution in [1.29, 1.82) is 0 Å². The minimum absolute atomic E-state index is 0. The largest absolute Gasteiger partial charge is 0.493 e. The van der Waals surface area contributed by atoms with Gasteiger partial charge in [0.05, 0.1) is 13.2 Å². The Balaban J connectivity index is 0.00000133. The van der Waals surface area contributed by atoms with Gasteiger partial charge in [0.1, 0.15) is 5.75 Å². The van der Waals surface area contributed by atoms with Crippen molar-refractivity contribution in [2.45, 2.75) is 31.8 Å². The molecule has 1 aliphatic carbocycles. The van der Waals surface area contributed by atoms with E-state index in [0.717, 1.165) is 29.4 Å². The molecule has 3 rings (SSSR count). The van der Waals surface area contributed by atoms with E-state index in [0.29, 0.717) is 18.5 Å². The summed E-state index contributed by atoms with van der Waals surface area (Å²) < 4.78 is 5.62. The third-order valence-electron chi connectivity index (χ3n) is 3.17. The molecule has 4 nitrogen and oxygen atoms in total. The molecule has 1 heterocycles. The van der Waals surface area contributed by atoms with E-state index < -0.39 is 0 Å². The van der Waals surface area contributed by atoms with E-state index in [2.05, 4.69) is 10.3 Å². The topological polar surface area (TPSA) is 59.6 Å². The van der Waals surface area contributed by atoms with Crippen LogP contribution >= 0.6 is 35.6 Å². The van der Waals surface area contributed by atoms with Crippen molar-refractivity contribution in [2.24, 2.45) is 10.7 Å². The van der Waals surface area contributed by atoms with E-state index in [-0.39, 0.29) is 24.0 Å². The van der Waals surface area contributed by atoms with Crippen LogP contribution in [0.25, 0.3) is 0 Å². The van der Waals surface area contributed by atoms with Crippen LogP contribution in [0.2, 0.25) is 5.02 Å². The second-order valence-electron chi connectivity index (χ2n) is 4.77. The number of hydrogen-bond donors (Lipinski definition) is 2. The number of ether oxygens (including phenoxy) is 1. The molecule has 3 N–H and O–H groups in total. The van der Waals surface area contributed by atoms with E-state index in [4.69, 9.17) is 22.1 Å². The van der Waals surface area contributed by atoms with Crippen molar-refractivity contribution in [3.63, 3.8) is 0 Å². The fourth-order valence-electron chi connectivity index (χ4n) is 2.12. The molecule has 0 unspecified atom stereocenters. The maximum atomic E-state index is 6.09. The van der Waals surface area contributed by atoms with Crippen LogP contribution in [-0.4, -0.2) is 18.6 Å². The molecular weight excluding hydrogens is 377 g/mol. The van der Waals surface area contributed by atoms with E-state index in [1.165, 1.54) is 18.4 Å². The van der Waals surface area contributed by atoms with E-state index in [1.807, 2.05) is 12.1 Å². The van der Waals surface area contributed by atoms with Crippen LogP contribution in [0.5, 0.6) is 5.75 Å². The second-order valence-corrected chi connectivity index (χ2v) is 5.21. The monoisotopic (exact) mass is 393 g/mol. The van der Waals surface area contributed by atoms with Crippen molar-refractivity contribution >= 4 is 41.5 Å². The summed E-state index contributed by atoms with van der Waals surface area (Å²) >= 11 is 6.09. The first-order valence-corrected chi connectivity index (χ1v) is 6.61. The standard InChI is InChI=1S/C13H16ClN3O.HI/c14-10-5-8-3-4-18-12(8)9(6-10)7-16-13(15)17-11-1-2-11;/h5-6,11H,1-4,7H2,(H3,15,16,17);1H.